The highest BCUT2D eigenvalue weighted by molar-refractivity contribution is 7.15. The van der Waals surface area contributed by atoms with Gasteiger partial charge in [-0.3, -0.25) is 0 Å². The SMILES string of the molecule is CCOC(=O)c1nc(N(C)C(C)C(C)(C)C)sc1C. The second-order valence-electron chi connectivity index (χ2n) is 5.77. The van der Waals surface area contributed by atoms with Gasteiger partial charge in [0.2, 0.25) is 0 Å². The highest BCUT2D eigenvalue weighted by Gasteiger charge is 2.27. The summed E-state index contributed by atoms with van der Waals surface area (Å²) in [5.41, 5.74) is 0.591. The van der Waals surface area contributed by atoms with Crippen molar-refractivity contribution in [3.8, 4) is 0 Å². The summed E-state index contributed by atoms with van der Waals surface area (Å²) in [5.74, 6) is -0.334. The lowest BCUT2D eigenvalue weighted by Gasteiger charge is -2.35. The Morgan fingerprint density at radius 2 is 2.05 bits per heavy atom. The highest BCUT2D eigenvalue weighted by Crippen LogP contribution is 2.31. The molecule has 0 fully saturated rings. The van der Waals surface area contributed by atoms with Crippen LogP contribution in [0.3, 0.4) is 0 Å². The average Bonchev–Trinajstić information content (AvgIpc) is 2.68. The molecule has 0 aromatic carbocycles. The van der Waals surface area contributed by atoms with Gasteiger partial charge in [-0.1, -0.05) is 20.8 Å². The fourth-order valence-electron chi connectivity index (χ4n) is 1.67. The van der Waals surface area contributed by atoms with Crippen molar-refractivity contribution in [2.24, 2.45) is 5.41 Å². The number of thiazole rings is 1. The predicted octanol–water partition coefficient (Wildman–Crippen LogP) is 3.50. The first-order valence-electron chi connectivity index (χ1n) is 6.55. The van der Waals surface area contributed by atoms with Gasteiger partial charge in [0.1, 0.15) is 0 Å². The van der Waals surface area contributed by atoms with Crippen molar-refractivity contribution in [2.75, 3.05) is 18.6 Å². The van der Waals surface area contributed by atoms with Crippen LogP contribution in [0.2, 0.25) is 0 Å². The van der Waals surface area contributed by atoms with E-state index in [1.54, 1.807) is 6.92 Å². The number of hydrogen-bond donors (Lipinski definition) is 0. The first-order valence-corrected chi connectivity index (χ1v) is 7.37. The van der Waals surface area contributed by atoms with E-state index in [1.807, 2.05) is 14.0 Å². The van der Waals surface area contributed by atoms with Crippen LogP contribution in [0.1, 0.15) is 50.0 Å². The quantitative estimate of drug-likeness (QED) is 0.794. The van der Waals surface area contributed by atoms with Gasteiger partial charge in [0.15, 0.2) is 10.8 Å². The molecule has 1 heterocycles. The monoisotopic (exact) mass is 284 g/mol. The van der Waals surface area contributed by atoms with Crippen molar-refractivity contribution < 1.29 is 9.53 Å². The van der Waals surface area contributed by atoms with Crippen molar-refractivity contribution in [3.05, 3.63) is 10.6 Å². The molecule has 0 spiro atoms. The molecule has 0 N–H and O–H groups in total. The van der Waals surface area contributed by atoms with E-state index >= 15 is 0 Å². The summed E-state index contributed by atoms with van der Waals surface area (Å²) in [5, 5.41) is 0.864. The van der Waals surface area contributed by atoms with Crippen LogP contribution in [0.5, 0.6) is 0 Å². The van der Waals surface area contributed by atoms with Crippen molar-refractivity contribution in [3.63, 3.8) is 0 Å². The number of ether oxygens (including phenoxy) is 1. The molecular weight excluding hydrogens is 260 g/mol. The van der Waals surface area contributed by atoms with E-state index in [4.69, 9.17) is 4.74 Å². The molecule has 0 aliphatic rings. The molecule has 0 saturated heterocycles. The molecule has 1 rings (SSSR count). The molecule has 0 aliphatic heterocycles. The molecule has 0 amide bonds. The lowest BCUT2D eigenvalue weighted by molar-refractivity contribution is 0.0519. The van der Waals surface area contributed by atoms with Crippen molar-refractivity contribution in [2.45, 2.75) is 47.6 Å². The first kappa shape index (κ1) is 16.0. The number of hydrogen-bond acceptors (Lipinski definition) is 5. The van der Waals surface area contributed by atoms with Gasteiger partial charge in [-0.15, -0.1) is 11.3 Å². The summed E-state index contributed by atoms with van der Waals surface area (Å²) in [6.45, 7) is 12.8. The molecule has 108 valence electrons. The van der Waals surface area contributed by atoms with Crippen LogP contribution >= 0.6 is 11.3 Å². The Labute approximate surface area is 119 Å². The minimum absolute atomic E-state index is 0.151. The predicted molar refractivity (Wildman–Crippen MR) is 80.1 cm³/mol. The third-order valence-corrected chi connectivity index (χ3v) is 4.45. The number of carbonyl (C=O) groups is 1. The Balaban J connectivity index is 2.98. The molecule has 0 aliphatic carbocycles. The number of aryl methyl sites for hydroxylation is 1. The Morgan fingerprint density at radius 1 is 1.47 bits per heavy atom. The van der Waals surface area contributed by atoms with Crippen LogP contribution in [-0.2, 0) is 4.74 Å². The van der Waals surface area contributed by atoms with Crippen LogP contribution in [-0.4, -0.2) is 30.6 Å². The number of esters is 1. The summed E-state index contributed by atoms with van der Waals surface area (Å²) in [6.07, 6.45) is 0. The largest absolute Gasteiger partial charge is 0.461 e. The lowest BCUT2D eigenvalue weighted by atomic mass is 9.87. The second kappa shape index (κ2) is 5.90. The topological polar surface area (TPSA) is 42.4 Å². The van der Waals surface area contributed by atoms with Crippen molar-refractivity contribution in [1.29, 1.82) is 0 Å². The van der Waals surface area contributed by atoms with E-state index in [2.05, 4.69) is 37.6 Å². The van der Waals surface area contributed by atoms with E-state index in [0.29, 0.717) is 18.3 Å². The third kappa shape index (κ3) is 3.69. The molecule has 1 atom stereocenters. The Bertz CT molecular complexity index is 449. The zero-order valence-corrected chi connectivity index (χ0v) is 13.7. The van der Waals surface area contributed by atoms with Gasteiger partial charge in [0.05, 0.1) is 6.61 Å². The summed E-state index contributed by atoms with van der Waals surface area (Å²) in [7, 11) is 2.02. The lowest BCUT2D eigenvalue weighted by Crippen LogP contribution is -2.39. The van der Waals surface area contributed by atoms with Gasteiger partial charge in [-0.2, -0.15) is 0 Å². The van der Waals surface area contributed by atoms with Gasteiger partial charge in [0, 0.05) is 18.0 Å². The van der Waals surface area contributed by atoms with E-state index in [0.717, 1.165) is 10.0 Å². The van der Waals surface area contributed by atoms with Crippen LogP contribution in [0.15, 0.2) is 0 Å². The normalized spacial score (nSPS) is 13.2. The minimum Gasteiger partial charge on any atom is -0.461 e. The van der Waals surface area contributed by atoms with E-state index < -0.39 is 0 Å². The number of aromatic nitrogens is 1. The van der Waals surface area contributed by atoms with Gasteiger partial charge < -0.3 is 9.64 Å². The fourth-order valence-corrected chi connectivity index (χ4v) is 2.61. The Morgan fingerprint density at radius 3 is 2.53 bits per heavy atom. The number of rotatable bonds is 4. The molecule has 1 aromatic heterocycles. The number of carbonyl (C=O) groups excluding carboxylic acids is 1. The molecule has 1 unspecified atom stereocenters. The second-order valence-corrected chi connectivity index (χ2v) is 6.96. The smallest absolute Gasteiger partial charge is 0.358 e. The van der Waals surface area contributed by atoms with Gasteiger partial charge in [-0.25, -0.2) is 9.78 Å². The summed E-state index contributed by atoms with van der Waals surface area (Å²) < 4.78 is 5.02. The summed E-state index contributed by atoms with van der Waals surface area (Å²) in [4.78, 5) is 19.2. The third-order valence-electron chi connectivity index (χ3n) is 3.39. The van der Waals surface area contributed by atoms with Gasteiger partial charge in [0.25, 0.3) is 0 Å². The standard InChI is InChI=1S/C14H24N2O2S/c1-8-18-12(17)11-9(2)19-13(15-11)16(7)10(3)14(4,5)6/h10H,8H2,1-7H3. The zero-order valence-electron chi connectivity index (χ0n) is 12.9. The van der Waals surface area contributed by atoms with E-state index in [-0.39, 0.29) is 11.4 Å². The van der Waals surface area contributed by atoms with Crippen molar-refractivity contribution in [1.82, 2.24) is 4.98 Å². The molecule has 0 bridgehead atoms. The fraction of sp³-hybridized carbons (Fsp3) is 0.714. The van der Waals surface area contributed by atoms with Crippen LogP contribution in [0.25, 0.3) is 0 Å². The maximum atomic E-state index is 11.8. The van der Waals surface area contributed by atoms with Gasteiger partial charge >= 0.3 is 5.97 Å². The molecule has 4 nitrogen and oxygen atoms in total. The molecular formula is C14H24N2O2S. The van der Waals surface area contributed by atoms with Gasteiger partial charge in [-0.05, 0) is 26.2 Å². The molecule has 0 radical (unpaired) electrons. The summed E-state index contributed by atoms with van der Waals surface area (Å²) in [6, 6.07) is 0.327. The molecule has 19 heavy (non-hydrogen) atoms. The van der Waals surface area contributed by atoms with E-state index in [1.165, 1.54) is 11.3 Å². The molecule has 0 saturated carbocycles. The van der Waals surface area contributed by atoms with Crippen LogP contribution < -0.4 is 4.90 Å². The Hall–Kier alpha value is -1.10. The zero-order chi connectivity index (χ0) is 14.8. The molecule has 1 aromatic rings. The highest BCUT2D eigenvalue weighted by atomic mass is 32.1. The maximum absolute atomic E-state index is 11.8. The number of anilines is 1. The van der Waals surface area contributed by atoms with Crippen LogP contribution in [0, 0.1) is 12.3 Å². The Kier molecular flexibility index (Phi) is 4.96. The van der Waals surface area contributed by atoms with Crippen molar-refractivity contribution >= 4 is 22.4 Å². The van der Waals surface area contributed by atoms with E-state index in [9.17, 15) is 4.79 Å². The first-order chi connectivity index (χ1) is 8.68. The maximum Gasteiger partial charge on any atom is 0.358 e. The molecule has 5 heteroatoms. The minimum atomic E-state index is -0.334. The average molecular weight is 284 g/mol. The number of nitrogens with zero attached hydrogens (tertiary/aromatic N) is 2. The summed E-state index contributed by atoms with van der Waals surface area (Å²) >= 11 is 1.54. The van der Waals surface area contributed by atoms with Crippen LogP contribution in [0.4, 0.5) is 5.13 Å².